The van der Waals surface area contributed by atoms with Crippen molar-refractivity contribution in [2.75, 3.05) is 24.5 Å². The van der Waals surface area contributed by atoms with E-state index in [0.717, 1.165) is 24.8 Å². The average Bonchev–Trinajstić information content (AvgIpc) is 2.35. The smallest absolute Gasteiger partial charge is 0.0369 e. The number of piperidine rings is 1. The van der Waals surface area contributed by atoms with Crippen LogP contribution in [-0.2, 0) is 6.42 Å². The molecule has 2 atom stereocenters. The highest BCUT2D eigenvalue weighted by Gasteiger charge is 2.22. The number of nitrogens with two attached hydrogens (primary N) is 1. The van der Waals surface area contributed by atoms with Crippen molar-refractivity contribution in [1.29, 1.82) is 0 Å². The van der Waals surface area contributed by atoms with Crippen molar-refractivity contribution < 1.29 is 0 Å². The van der Waals surface area contributed by atoms with Gasteiger partial charge in [-0.3, -0.25) is 0 Å². The number of rotatable bonds is 3. The Bertz CT molecular complexity index is 400. The van der Waals surface area contributed by atoms with E-state index in [2.05, 4.69) is 43.9 Å². The number of hydrogen-bond acceptors (Lipinski definition) is 2. The number of aryl methyl sites for hydroxylation is 1. The van der Waals surface area contributed by atoms with Crippen LogP contribution in [0.15, 0.2) is 18.2 Å². The Morgan fingerprint density at radius 1 is 1.28 bits per heavy atom. The summed E-state index contributed by atoms with van der Waals surface area (Å²) in [6.07, 6.45) is 2.30. The van der Waals surface area contributed by atoms with E-state index in [1.165, 1.54) is 36.3 Å². The number of hydrogen-bond donors (Lipinski definition) is 1. The Morgan fingerprint density at radius 3 is 2.67 bits per heavy atom. The van der Waals surface area contributed by atoms with E-state index in [-0.39, 0.29) is 0 Å². The van der Waals surface area contributed by atoms with Gasteiger partial charge < -0.3 is 10.6 Å². The molecule has 1 aliphatic heterocycles. The quantitative estimate of drug-likeness (QED) is 0.888. The minimum atomic E-state index is 0.735. The van der Waals surface area contributed by atoms with Crippen LogP contribution in [0.5, 0.6) is 0 Å². The first-order valence-electron chi connectivity index (χ1n) is 7.16. The number of anilines is 1. The largest absolute Gasteiger partial charge is 0.371 e. The third-order valence-electron chi connectivity index (χ3n) is 4.44. The second-order valence-electron chi connectivity index (χ2n) is 5.84. The van der Waals surface area contributed by atoms with Crippen LogP contribution < -0.4 is 10.6 Å². The van der Waals surface area contributed by atoms with E-state index in [1.54, 1.807) is 0 Å². The highest BCUT2D eigenvalue weighted by atomic mass is 15.1. The molecule has 0 aromatic heterocycles. The first-order valence-corrected chi connectivity index (χ1v) is 7.16. The molecule has 1 aromatic carbocycles. The van der Waals surface area contributed by atoms with Crippen molar-refractivity contribution >= 4 is 5.69 Å². The standard InChI is InChI=1S/C16H26N2/c1-12-7-9-18(11-14(12)3)16-5-4-15(6-8-17)13(2)10-16/h4-5,10,12,14H,6-9,11,17H2,1-3H3. The van der Waals surface area contributed by atoms with Crippen LogP contribution in [0.2, 0.25) is 0 Å². The predicted molar refractivity (Wildman–Crippen MR) is 79.1 cm³/mol. The van der Waals surface area contributed by atoms with Gasteiger partial charge in [0.25, 0.3) is 0 Å². The summed E-state index contributed by atoms with van der Waals surface area (Å²) >= 11 is 0. The summed E-state index contributed by atoms with van der Waals surface area (Å²) in [5, 5.41) is 0. The third kappa shape index (κ3) is 2.86. The van der Waals surface area contributed by atoms with E-state index >= 15 is 0 Å². The lowest BCUT2D eigenvalue weighted by molar-refractivity contribution is 0.324. The summed E-state index contributed by atoms with van der Waals surface area (Å²) < 4.78 is 0. The zero-order chi connectivity index (χ0) is 13.1. The lowest BCUT2D eigenvalue weighted by Gasteiger charge is -2.37. The molecule has 0 saturated carbocycles. The molecule has 0 radical (unpaired) electrons. The Morgan fingerprint density at radius 2 is 2.06 bits per heavy atom. The molecule has 1 saturated heterocycles. The van der Waals surface area contributed by atoms with Crippen molar-refractivity contribution in [2.45, 2.75) is 33.6 Å². The molecule has 2 unspecified atom stereocenters. The summed E-state index contributed by atoms with van der Waals surface area (Å²) in [6, 6.07) is 6.84. The van der Waals surface area contributed by atoms with E-state index in [0.29, 0.717) is 0 Å². The topological polar surface area (TPSA) is 29.3 Å². The van der Waals surface area contributed by atoms with Gasteiger partial charge in [0.1, 0.15) is 0 Å². The van der Waals surface area contributed by atoms with Gasteiger partial charge in [-0.05, 0) is 61.4 Å². The first-order chi connectivity index (χ1) is 8.61. The van der Waals surface area contributed by atoms with Crippen molar-refractivity contribution in [3.63, 3.8) is 0 Å². The molecule has 2 nitrogen and oxygen atoms in total. The molecule has 0 spiro atoms. The fourth-order valence-electron chi connectivity index (χ4n) is 2.81. The second kappa shape index (κ2) is 5.75. The Balaban J connectivity index is 2.12. The molecule has 2 rings (SSSR count). The Kier molecular flexibility index (Phi) is 4.28. The molecule has 2 heteroatoms. The summed E-state index contributed by atoms with van der Waals surface area (Å²) in [7, 11) is 0. The lowest BCUT2D eigenvalue weighted by atomic mass is 9.88. The SMILES string of the molecule is Cc1cc(N2CCC(C)C(C)C2)ccc1CCN. The zero-order valence-corrected chi connectivity index (χ0v) is 11.9. The van der Waals surface area contributed by atoms with Crippen LogP contribution in [0.3, 0.4) is 0 Å². The van der Waals surface area contributed by atoms with E-state index in [1.807, 2.05) is 0 Å². The van der Waals surface area contributed by atoms with Crippen LogP contribution in [-0.4, -0.2) is 19.6 Å². The van der Waals surface area contributed by atoms with Crippen molar-refractivity contribution in [1.82, 2.24) is 0 Å². The third-order valence-corrected chi connectivity index (χ3v) is 4.44. The number of benzene rings is 1. The molecule has 0 aliphatic carbocycles. The maximum Gasteiger partial charge on any atom is 0.0369 e. The summed E-state index contributed by atoms with van der Waals surface area (Å²) in [5.41, 5.74) is 9.78. The van der Waals surface area contributed by atoms with E-state index < -0.39 is 0 Å². The molecule has 1 aromatic rings. The normalized spacial score (nSPS) is 24.3. The van der Waals surface area contributed by atoms with Gasteiger partial charge in [-0.2, -0.15) is 0 Å². The highest BCUT2D eigenvalue weighted by molar-refractivity contribution is 5.51. The van der Waals surface area contributed by atoms with E-state index in [4.69, 9.17) is 5.73 Å². The van der Waals surface area contributed by atoms with Crippen LogP contribution in [0.1, 0.15) is 31.4 Å². The second-order valence-corrected chi connectivity index (χ2v) is 5.84. The molecular weight excluding hydrogens is 220 g/mol. The van der Waals surface area contributed by atoms with Crippen LogP contribution >= 0.6 is 0 Å². The first kappa shape index (κ1) is 13.4. The zero-order valence-electron chi connectivity index (χ0n) is 11.9. The van der Waals surface area contributed by atoms with Crippen molar-refractivity contribution in [3.05, 3.63) is 29.3 Å². The Labute approximate surface area is 111 Å². The maximum atomic E-state index is 5.63. The van der Waals surface area contributed by atoms with Gasteiger partial charge >= 0.3 is 0 Å². The van der Waals surface area contributed by atoms with Gasteiger partial charge in [-0.1, -0.05) is 19.9 Å². The maximum absolute atomic E-state index is 5.63. The molecular formula is C16H26N2. The Hall–Kier alpha value is -1.02. The summed E-state index contributed by atoms with van der Waals surface area (Å²) in [5.74, 6) is 1.65. The van der Waals surface area contributed by atoms with E-state index in [9.17, 15) is 0 Å². The van der Waals surface area contributed by atoms with Crippen LogP contribution in [0.4, 0.5) is 5.69 Å². The summed E-state index contributed by atoms with van der Waals surface area (Å²) in [4.78, 5) is 2.53. The van der Waals surface area contributed by atoms with Gasteiger partial charge in [0.2, 0.25) is 0 Å². The molecule has 100 valence electrons. The van der Waals surface area contributed by atoms with Gasteiger partial charge in [-0.15, -0.1) is 0 Å². The average molecular weight is 246 g/mol. The van der Waals surface area contributed by atoms with Crippen LogP contribution in [0, 0.1) is 18.8 Å². The molecule has 2 N–H and O–H groups in total. The molecule has 18 heavy (non-hydrogen) atoms. The fourth-order valence-corrected chi connectivity index (χ4v) is 2.81. The molecule has 0 amide bonds. The van der Waals surface area contributed by atoms with Crippen molar-refractivity contribution in [2.24, 2.45) is 17.6 Å². The minimum Gasteiger partial charge on any atom is -0.371 e. The van der Waals surface area contributed by atoms with Gasteiger partial charge in [0.15, 0.2) is 0 Å². The predicted octanol–water partition coefficient (Wildman–Crippen LogP) is 2.98. The number of nitrogens with zero attached hydrogens (tertiary/aromatic N) is 1. The van der Waals surface area contributed by atoms with Crippen molar-refractivity contribution in [3.8, 4) is 0 Å². The summed E-state index contributed by atoms with van der Waals surface area (Å²) in [6.45, 7) is 10.1. The minimum absolute atomic E-state index is 0.735. The monoisotopic (exact) mass is 246 g/mol. The fraction of sp³-hybridized carbons (Fsp3) is 0.625. The lowest BCUT2D eigenvalue weighted by Crippen LogP contribution is -2.38. The highest BCUT2D eigenvalue weighted by Crippen LogP contribution is 2.28. The van der Waals surface area contributed by atoms with Gasteiger partial charge in [0.05, 0.1) is 0 Å². The van der Waals surface area contributed by atoms with Crippen LogP contribution in [0.25, 0.3) is 0 Å². The molecule has 1 fully saturated rings. The van der Waals surface area contributed by atoms with Gasteiger partial charge in [-0.25, -0.2) is 0 Å². The molecule has 0 bridgehead atoms. The molecule has 1 aliphatic rings. The van der Waals surface area contributed by atoms with Gasteiger partial charge in [0, 0.05) is 18.8 Å². The molecule has 1 heterocycles.